The first-order valence-electron chi connectivity index (χ1n) is 3.97. The zero-order valence-corrected chi connectivity index (χ0v) is 10.2. The van der Waals surface area contributed by atoms with Crippen molar-refractivity contribution in [3.8, 4) is 0 Å². The van der Waals surface area contributed by atoms with Gasteiger partial charge < -0.3 is 0 Å². The Balaban J connectivity index is 2.88. The summed E-state index contributed by atoms with van der Waals surface area (Å²) in [7, 11) is 0. The summed E-state index contributed by atoms with van der Waals surface area (Å²) in [6.45, 7) is 0. The molecule has 1 aromatic heterocycles. The van der Waals surface area contributed by atoms with Crippen LogP contribution in [0.5, 0.6) is 0 Å². The number of aldehydes is 1. The fourth-order valence-corrected chi connectivity index (χ4v) is 3.29. The van der Waals surface area contributed by atoms with Crippen LogP contribution in [-0.2, 0) is 5.88 Å². The molecule has 0 unspecified atom stereocenters. The quantitative estimate of drug-likeness (QED) is 0.598. The minimum absolute atomic E-state index is 0.362. The van der Waals surface area contributed by atoms with E-state index >= 15 is 0 Å². The molecule has 0 radical (unpaired) electrons. The Morgan fingerprint density at radius 2 is 2.36 bits per heavy atom. The predicted molar refractivity (Wildman–Crippen MR) is 64.5 cm³/mol. The summed E-state index contributed by atoms with van der Waals surface area (Å²) in [5, 5.41) is 3.08. The first-order chi connectivity index (χ1) is 6.77. The molecule has 0 saturated heterocycles. The Hall–Kier alpha value is -0.380. The Bertz CT molecular complexity index is 492. The van der Waals surface area contributed by atoms with Gasteiger partial charge in [-0.25, -0.2) is 0 Å². The van der Waals surface area contributed by atoms with Crippen molar-refractivity contribution in [3.05, 3.63) is 33.1 Å². The highest BCUT2D eigenvalue weighted by Crippen LogP contribution is 2.32. The van der Waals surface area contributed by atoms with Gasteiger partial charge in [-0.2, -0.15) is 0 Å². The summed E-state index contributed by atoms with van der Waals surface area (Å²) in [6.07, 6.45) is 0.846. The van der Waals surface area contributed by atoms with E-state index < -0.39 is 0 Å². The normalized spacial score (nSPS) is 10.7. The van der Waals surface area contributed by atoms with Crippen molar-refractivity contribution in [1.29, 1.82) is 0 Å². The Kier molecular flexibility index (Phi) is 2.91. The number of benzene rings is 1. The van der Waals surface area contributed by atoms with Crippen molar-refractivity contribution >= 4 is 55.2 Å². The highest BCUT2D eigenvalue weighted by atomic mass is 79.9. The van der Waals surface area contributed by atoms with E-state index in [0.717, 1.165) is 26.4 Å². The van der Waals surface area contributed by atoms with E-state index in [9.17, 15) is 4.79 Å². The molecular weight excluding hydrogens is 284 g/mol. The lowest BCUT2D eigenvalue weighted by Crippen LogP contribution is -1.91. The first kappa shape index (κ1) is 10.1. The SMILES string of the molecule is O=Cc1c(Br)cc2sccc2c1CCl. The molecule has 0 aliphatic heterocycles. The Morgan fingerprint density at radius 1 is 1.57 bits per heavy atom. The van der Waals surface area contributed by atoms with Crippen LogP contribution in [-0.4, -0.2) is 6.29 Å². The molecule has 14 heavy (non-hydrogen) atoms. The summed E-state index contributed by atoms with van der Waals surface area (Å²) in [5.41, 5.74) is 1.57. The number of carbonyl (C=O) groups excluding carboxylic acids is 1. The molecule has 0 bridgehead atoms. The monoisotopic (exact) mass is 288 g/mol. The highest BCUT2D eigenvalue weighted by Gasteiger charge is 2.11. The molecule has 0 fully saturated rings. The molecule has 1 heterocycles. The van der Waals surface area contributed by atoms with Crippen LogP contribution in [0.25, 0.3) is 10.1 Å². The lowest BCUT2D eigenvalue weighted by atomic mass is 10.1. The molecule has 2 rings (SSSR count). The number of halogens is 2. The summed E-state index contributed by atoms with van der Waals surface area (Å²) in [5.74, 6) is 0.362. The number of fused-ring (bicyclic) bond motifs is 1. The maximum atomic E-state index is 10.9. The summed E-state index contributed by atoms with van der Waals surface area (Å²) < 4.78 is 1.97. The van der Waals surface area contributed by atoms with Crippen LogP contribution in [0.4, 0.5) is 0 Å². The van der Waals surface area contributed by atoms with Gasteiger partial charge in [-0.05, 0) is 44.4 Å². The van der Waals surface area contributed by atoms with Crippen LogP contribution >= 0.6 is 38.9 Å². The summed E-state index contributed by atoms with van der Waals surface area (Å²) in [4.78, 5) is 10.9. The minimum Gasteiger partial charge on any atom is -0.298 e. The van der Waals surface area contributed by atoms with Crippen LogP contribution in [0.2, 0.25) is 0 Å². The lowest BCUT2D eigenvalue weighted by molar-refractivity contribution is 0.112. The van der Waals surface area contributed by atoms with Gasteiger partial charge in [0.15, 0.2) is 6.29 Å². The van der Waals surface area contributed by atoms with E-state index in [1.807, 2.05) is 17.5 Å². The standard InChI is InChI=1S/C10H6BrClOS/c11-9-3-10-6(1-2-14-10)7(4-12)8(9)5-13/h1-3,5H,4H2. The molecular formula is C10H6BrClOS. The second-order valence-electron chi connectivity index (χ2n) is 2.83. The fourth-order valence-electron chi connectivity index (χ4n) is 1.44. The van der Waals surface area contributed by atoms with Crippen molar-refractivity contribution in [1.82, 2.24) is 0 Å². The largest absolute Gasteiger partial charge is 0.298 e. The molecule has 72 valence electrons. The van der Waals surface area contributed by atoms with Gasteiger partial charge in [0.1, 0.15) is 0 Å². The van der Waals surface area contributed by atoms with Crippen molar-refractivity contribution < 1.29 is 4.79 Å². The fraction of sp³-hybridized carbons (Fsp3) is 0.100. The van der Waals surface area contributed by atoms with Crippen molar-refractivity contribution in [2.45, 2.75) is 5.88 Å². The second-order valence-corrected chi connectivity index (χ2v) is 4.90. The zero-order chi connectivity index (χ0) is 10.1. The predicted octanol–water partition coefficient (Wildman–Crippen LogP) is 4.22. The number of thiophene rings is 1. The van der Waals surface area contributed by atoms with Crippen LogP contribution in [0.15, 0.2) is 22.0 Å². The Morgan fingerprint density at radius 3 is 3.00 bits per heavy atom. The van der Waals surface area contributed by atoms with Gasteiger partial charge in [-0.15, -0.1) is 22.9 Å². The highest BCUT2D eigenvalue weighted by molar-refractivity contribution is 9.10. The summed E-state index contributed by atoms with van der Waals surface area (Å²) in [6, 6.07) is 3.96. The molecule has 1 aromatic carbocycles. The van der Waals surface area contributed by atoms with Crippen LogP contribution < -0.4 is 0 Å². The molecule has 4 heteroatoms. The van der Waals surface area contributed by atoms with Gasteiger partial charge in [-0.3, -0.25) is 4.79 Å². The number of alkyl halides is 1. The number of hydrogen-bond donors (Lipinski definition) is 0. The van der Waals surface area contributed by atoms with E-state index in [4.69, 9.17) is 11.6 Å². The molecule has 0 saturated carbocycles. The maximum absolute atomic E-state index is 10.9. The second kappa shape index (κ2) is 4.01. The average Bonchev–Trinajstić information content (AvgIpc) is 2.62. The van der Waals surface area contributed by atoms with Crippen LogP contribution in [0.1, 0.15) is 15.9 Å². The zero-order valence-electron chi connectivity index (χ0n) is 7.09. The summed E-state index contributed by atoms with van der Waals surface area (Å²) >= 11 is 10.9. The number of rotatable bonds is 2. The molecule has 0 atom stereocenters. The third-order valence-electron chi connectivity index (χ3n) is 2.11. The van der Waals surface area contributed by atoms with Gasteiger partial charge in [0.05, 0.1) is 0 Å². The minimum atomic E-state index is 0.362. The molecule has 0 spiro atoms. The average molecular weight is 290 g/mol. The smallest absolute Gasteiger partial charge is 0.151 e. The Labute approximate surface area is 98.8 Å². The molecule has 2 aromatic rings. The number of hydrogen-bond acceptors (Lipinski definition) is 2. The van der Waals surface area contributed by atoms with Crippen molar-refractivity contribution in [2.75, 3.05) is 0 Å². The molecule has 0 aliphatic rings. The molecule has 0 N–H and O–H groups in total. The third-order valence-corrected chi connectivity index (χ3v) is 3.90. The maximum Gasteiger partial charge on any atom is 0.151 e. The van der Waals surface area contributed by atoms with Crippen molar-refractivity contribution in [3.63, 3.8) is 0 Å². The van der Waals surface area contributed by atoms with Gasteiger partial charge in [0, 0.05) is 20.6 Å². The molecule has 0 amide bonds. The van der Waals surface area contributed by atoms with E-state index in [1.54, 1.807) is 11.3 Å². The van der Waals surface area contributed by atoms with Gasteiger partial charge >= 0.3 is 0 Å². The van der Waals surface area contributed by atoms with Crippen LogP contribution in [0.3, 0.4) is 0 Å². The van der Waals surface area contributed by atoms with Gasteiger partial charge in [0.2, 0.25) is 0 Å². The van der Waals surface area contributed by atoms with Gasteiger partial charge in [0.25, 0.3) is 0 Å². The van der Waals surface area contributed by atoms with E-state index in [-0.39, 0.29) is 0 Å². The number of carbonyl (C=O) groups is 1. The van der Waals surface area contributed by atoms with Gasteiger partial charge in [-0.1, -0.05) is 0 Å². The first-order valence-corrected chi connectivity index (χ1v) is 6.18. The van der Waals surface area contributed by atoms with Crippen LogP contribution in [0, 0.1) is 0 Å². The molecule has 0 aliphatic carbocycles. The molecule has 1 nitrogen and oxygen atoms in total. The lowest BCUT2D eigenvalue weighted by Gasteiger charge is -2.05. The topological polar surface area (TPSA) is 17.1 Å². The van der Waals surface area contributed by atoms with E-state index in [1.165, 1.54) is 0 Å². The van der Waals surface area contributed by atoms with Crippen molar-refractivity contribution in [2.24, 2.45) is 0 Å². The van der Waals surface area contributed by atoms with E-state index in [0.29, 0.717) is 11.4 Å². The third kappa shape index (κ3) is 1.49. The van der Waals surface area contributed by atoms with E-state index in [2.05, 4.69) is 15.9 Å².